The second-order valence-corrected chi connectivity index (χ2v) is 2.45. The summed E-state index contributed by atoms with van der Waals surface area (Å²) in [6.07, 6.45) is 1.22. The average molecular weight is 192 g/mol. The van der Waals surface area contributed by atoms with Gasteiger partial charge in [0.05, 0.1) is 11.2 Å². The maximum Gasteiger partial charge on any atom is 0.269 e. The van der Waals surface area contributed by atoms with Crippen LogP contribution in [0.1, 0.15) is 10.5 Å². The Morgan fingerprint density at radius 3 is 2.64 bits per heavy atom. The Hall–Kier alpha value is -0.870. The van der Waals surface area contributed by atoms with E-state index in [1.165, 1.54) is 6.20 Å². The topological polar surface area (TPSA) is 68.9 Å². The molecule has 0 aliphatic rings. The van der Waals surface area contributed by atoms with Crippen LogP contribution in [0.2, 0.25) is 10.3 Å². The summed E-state index contributed by atoms with van der Waals surface area (Å²) in [7, 11) is 0. The van der Waals surface area contributed by atoms with Crippen LogP contribution in [0, 0.1) is 0 Å². The molecule has 1 rings (SSSR count). The Labute approximate surface area is 72.3 Å². The highest BCUT2D eigenvalue weighted by atomic mass is 35.5. The van der Waals surface area contributed by atoms with Crippen molar-refractivity contribution in [1.82, 2.24) is 9.97 Å². The van der Waals surface area contributed by atoms with Gasteiger partial charge in [-0.1, -0.05) is 11.6 Å². The molecule has 1 heterocycles. The van der Waals surface area contributed by atoms with Crippen LogP contribution in [0.15, 0.2) is 6.20 Å². The zero-order chi connectivity index (χ0) is 8.43. The van der Waals surface area contributed by atoms with Gasteiger partial charge in [-0.05, 0) is 11.6 Å². The average Bonchev–Trinajstić information content (AvgIpc) is 1.94. The fourth-order valence-corrected chi connectivity index (χ4v) is 0.836. The van der Waals surface area contributed by atoms with E-state index in [1.807, 2.05) is 0 Å². The predicted octanol–water partition coefficient (Wildman–Crippen LogP) is 0.882. The van der Waals surface area contributed by atoms with Crippen molar-refractivity contribution in [2.75, 3.05) is 0 Å². The van der Waals surface area contributed by atoms with Crippen LogP contribution in [-0.2, 0) is 0 Å². The number of aromatic nitrogens is 2. The molecule has 0 atom stereocenters. The van der Waals surface area contributed by atoms with Crippen molar-refractivity contribution in [3.8, 4) is 0 Å². The summed E-state index contributed by atoms with van der Waals surface area (Å²) in [6, 6.07) is 0. The van der Waals surface area contributed by atoms with Gasteiger partial charge in [-0.25, -0.2) is 9.97 Å². The standard InChI is InChI=1S/C5H3Cl2N3O/c6-2-1-9-5(7)10-3(2)4(8)11/h1H,(H2,8,11). The number of hydrogen-bond donors (Lipinski definition) is 1. The molecule has 1 amide bonds. The molecule has 58 valence electrons. The van der Waals surface area contributed by atoms with Crippen molar-refractivity contribution in [2.45, 2.75) is 0 Å². The summed E-state index contributed by atoms with van der Waals surface area (Å²) in [4.78, 5) is 17.6. The molecule has 0 aliphatic heterocycles. The van der Waals surface area contributed by atoms with Gasteiger partial charge in [-0.3, -0.25) is 4.79 Å². The molecular weight excluding hydrogens is 189 g/mol. The summed E-state index contributed by atoms with van der Waals surface area (Å²) in [5.41, 5.74) is 4.85. The lowest BCUT2D eigenvalue weighted by Crippen LogP contribution is -2.14. The first-order chi connectivity index (χ1) is 5.11. The van der Waals surface area contributed by atoms with Crippen molar-refractivity contribution in [3.05, 3.63) is 22.2 Å². The fourth-order valence-electron chi connectivity index (χ4n) is 0.518. The number of amides is 1. The molecule has 0 aromatic carbocycles. The lowest BCUT2D eigenvalue weighted by molar-refractivity contribution is 0.0995. The number of hydrogen-bond acceptors (Lipinski definition) is 3. The third-order valence-electron chi connectivity index (χ3n) is 0.948. The molecule has 0 saturated carbocycles. The fraction of sp³-hybridized carbons (Fsp3) is 0. The minimum Gasteiger partial charge on any atom is -0.364 e. The highest BCUT2D eigenvalue weighted by molar-refractivity contribution is 6.34. The molecule has 0 bridgehead atoms. The third-order valence-corrected chi connectivity index (χ3v) is 1.41. The molecule has 0 spiro atoms. The number of halogens is 2. The van der Waals surface area contributed by atoms with Gasteiger partial charge in [-0.2, -0.15) is 0 Å². The number of carbonyl (C=O) groups excluding carboxylic acids is 1. The van der Waals surface area contributed by atoms with Gasteiger partial charge in [0.25, 0.3) is 5.91 Å². The second kappa shape index (κ2) is 3.02. The Kier molecular flexibility index (Phi) is 2.26. The molecule has 6 heteroatoms. The quantitative estimate of drug-likeness (QED) is 0.671. The Bertz CT molecular complexity index is 302. The molecule has 4 nitrogen and oxygen atoms in total. The second-order valence-electron chi connectivity index (χ2n) is 1.70. The van der Waals surface area contributed by atoms with E-state index in [4.69, 9.17) is 28.9 Å². The molecule has 11 heavy (non-hydrogen) atoms. The van der Waals surface area contributed by atoms with E-state index in [9.17, 15) is 4.79 Å². The first kappa shape index (κ1) is 8.23. The Morgan fingerprint density at radius 1 is 1.55 bits per heavy atom. The molecular formula is C5H3Cl2N3O. The van der Waals surface area contributed by atoms with E-state index in [2.05, 4.69) is 9.97 Å². The minimum atomic E-state index is -0.723. The summed E-state index contributed by atoms with van der Waals surface area (Å²) >= 11 is 10.9. The van der Waals surface area contributed by atoms with Crippen LogP contribution in [-0.4, -0.2) is 15.9 Å². The number of carbonyl (C=O) groups is 1. The highest BCUT2D eigenvalue weighted by Crippen LogP contribution is 2.12. The summed E-state index contributed by atoms with van der Waals surface area (Å²) in [5, 5.41) is 0.0464. The van der Waals surface area contributed by atoms with Crippen LogP contribution in [0.3, 0.4) is 0 Å². The van der Waals surface area contributed by atoms with Crippen molar-refractivity contribution < 1.29 is 4.79 Å². The number of primary amides is 1. The van der Waals surface area contributed by atoms with Crippen LogP contribution >= 0.6 is 23.2 Å². The molecule has 0 fully saturated rings. The Balaban J connectivity index is 3.23. The lowest BCUT2D eigenvalue weighted by atomic mass is 10.4. The minimum absolute atomic E-state index is 0.0526. The summed E-state index contributed by atoms with van der Waals surface area (Å²) in [6.45, 7) is 0. The van der Waals surface area contributed by atoms with E-state index < -0.39 is 5.91 Å². The molecule has 0 unspecified atom stereocenters. The van der Waals surface area contributed by atoms with E-state index in [-0.39, 0.29) is 16.0 Å². The van der Waals surface area contributed by atoms with Gasteiger partial charge >= 0.3 is 0 Å². The molecule has 0 aliphatic carbocycles. The smallest absolute Gasteiger partial charge is 0.269 e. The first-order valence-electron chi connectivity index (χ1n) is 2.59. The van der Waals surface area contributed by atoms with Gasteiger partial charge in [0.1, 0.15) is 0 Å². The lowest BCUT2D eigenvalue weighted by Gasteiger charge is -1.96. The molecule has 0 radical (unpaired) electrons. The van der Waals surface area contributed by atoms with Gasteiger partial charge in [0.2, 0.25) is 5.28 Å². The van der Waals surface area contributed by atoms with E-state index in [1.54, 1.807) is 0 Å². The predicted molar refractivity (Wildman–Crippen MR) is 40.6 cm³/mol. The highest BCUT2D eigenvalue weighted by Gasteiger charge is 2.08. The third kappa shape index (κ3) is 1.78. The largest absolute Gasteiger partial charge is 0.364 e. The van der Waals surface area contributed by atoms with Crippen LogP contribution in [0.4, 0.5) is 0 Å². The van der Waals surface area contributed by atoms with Crippen molar-refractivity contribution in [3.63, 3.8) is 0 Å². The number of nitrogens with two attached hydrogens (primary N) is 1. The van der Waals surface area contributed by atoms with Gasteiger partial charge in [0.15, 0.2) is 5.69 Å². The monoisotopic (exact) mass is 191 g/mol. The molecule has 1 aromatic heterocycles. The normalized spacial score (nSPS) is 9.64. The van der Waals surface area contributed by atoms with Crippen LogP contribution < -0.4 is 5.73 Å². The molecule has 0 saturated heterocycles. The van der Waals surface area contributed by atoms with Crippen LogP contribution in [0.5, 0.6) is 0 Å². The SMILES string of the molecule is NC(=O)c1nc(Cl)ncc1Cl. The Morgan fingerprint density at radius 2 is 2.18 bits per heavy atom. The zero-order valence-electron chi connectivity index (χ0n) is 5.21. The van der Waals surface area contributed by atoms with E-state index in [0.29, 0.717) is 0 Å². The van der Waals surface area contributed by atoms with E-state index >= 15 is 0 Å². The maximum atomic E-state index is 10.6. The van der Waals surface area contributed by atoms with Gasteiger partial charge < -0.3 is 5.73 Å². The summed E-state index contributed by atoms with van der Waals surface area (Å²) < 4.78 is 0. The van der Waals surface area contributed by atoms with Gasteiger partial charge in [-0.15, -0.1) is 0 Å². The van der Waals surface area contributed by atoms with Crippen molar-refractivity contribution >= 4 is 29.1 Å². The number of nitrogens with zero attached hydrogens (tertiary/aromatic N) is 2. The zero-order valence-corrected chi connectivity index (χ0v) is 6.73. The van der Waals surface area contributed by atoms with Crippen molar-refractivity contribution in [2.24, 2.45) is 5.73 Å². The maximum absolute atomic E-state index is 10.6. The molecule has 1 aromatic rings. The van der Waals surface area contributed by atoms with Gasteiger partial charge in [0, 0.05) is 0 Å². The molecule has 2 N–H and O–H groups in total. The van der Waals surface area contributed by atoms with E-state index in [0.717, 1.165) is 0 Å². The number of rotatable bonds is 1. The van der Waals surface area contributed by atoms with Crippen molar-refractivity contribution in [1.29, 1.82) is 0 Å². The summed E-state index contributed by atoms with van der Waals surface area (Å²) in [5.74, 6) is -0.723. The first-order valence-corrected chi connectivity index (χ1v) is 3.34. The van der Waals surface area contributed by atoms with Crippen LogP contribution in [0.25, 0.3) is 0 Å².